The summed E-state index contributed by atoms with van der Waals surface area (Å²) in [6, 6.07) is 0. The molecule has 2 heteroatoms. The van der Waals surface area contributed by atoms with Gasteiger partial charge in [0.1, 0.15) is 0 Å². The van der Waals surface area contributed by atoms with Crippen LogP contribution in [0.1, 0.15) is 26.2 Å². The van der Waals surface area contributed by atoms with Gasteiger partial charge in [0.05, 0.1) is 0 Å². The first-order valence-electron chi connectivity index (χ1n) is 2.98. The van der Waals surface area contributed by atoms with Crippen LogP contribution < -0.4 is 0 Å². The molecule has 0 saturated heterocycles. The van der Waals surface area contributed by atoms with E-state index in [1.54, 1.807) is 0 Å². The first-order valence-corrected chi connectivity index (χ1v) is 2.98. The van der Waals surface area contributed by atoms with Crippen LogP contribution in [0.5, 0.6) is 0 Å². The Hall–Kier alpha value is -0.135. The third-order valence-corrected chi connectivity index (χ3v) is 0.994. The van der Waals surface area contributed by atoms with E-state index in [1.807, 2.05) is 6.92 Å². The molecule has 1 atom stereocenters. The number of rotatable bonds is 4. The summed E-state index contributed by atoms with van der Waals surface area (Å²) in [4.78, 5) is 0. The normalized spacial score (nSPS) is 13.1. The summed E-state index contributed by atoms with van der Waals surface area (Å²) >= 11 is 0. The van der Waals surface area contributed by atoms with Crippen molar-refractivity contribution in [3.05, 3.63) is 0 Å². The summed E-state index contributed by atoms with van der Waals surface area (Å²) in [6.45, 7) is 1.96. The van der Waals surface area contributed by atoms with Gasteiger partial charge in [0.25, 0.3) is 0 Å². The Bertz CT molecular complexity index is 63.5. The van der Waals surface area contributed by atoms with Crippen molar-refractivity contribution < 1.29 is 4.39 Å². The molecular formula is C6H11BF. The minimum absolute atomic E-state index is 0.397. The number of hydrogen-bond acceptors (Lipinski definition) is 0. The van der Waals surface area contributed by atoms with Crippen molar-refractivity contribution in [3.8, 4) is 0 Å². The van der Waals surface area contributed by atoms with Gasteiger partial charge in [-0.2, -0.15) is 0 Å². The monoisotopic (exact) mass is 113 g/mol. The third kappa shape index (κ3) is 4.04. The van der Waals surface area contributed by atoms with E-state index in [1.165, 1.54) is 5.97 Å². The SMILES string of the molecule is [B]=CCC(F)CCC. The van der Waals surface area contributed by atoms with Gasteiger partial charge < -0.3 is 0 Å². The summed E-state index contributed by atoms with van der Waals surface area (Å²) in [7, 11) is 4.99. The van der Waals surface area contributed by atoms with Crippen LogP contribution in [-0.4, -0.2) is 19.6 Å². The Morgan fingerprint density at radius 3 is 2.75 bits per heavy atom. The fourth-order valence-corrected chi connectivity index (χ4v) is 0.579. The summed E-state index contributed by atoms with van der Waals surface area (Å²) in [5.41, 5.74) is 0. The zero-order valence-corrected chi connectivity index (χ0v) is 5.23. The Morgan fingerprint density at radius 1 is 1.75 bits per heavy atom. The van der Waals surface area contributed by atoms with E-state index in [-0.39, 0.29) is 0 Å². The fraction of sp³-hybridized carbons (Fsp3) is 0.833. The Morgan fingerprint density at radius 2 is 2.38 bits per heavy atom. The van der Waals surface area contributed by atoms with Gasteiger partial charge in [-0.15, -0.1) is 0 Å². The molecule has 8 heavy (non-hydrogen) atoms. The molecule has 0 spiro atoms. The molecule has 1 radical (unpaired) electrons. The predicted octanol–water partition coefficient (Wildman–Crippen LogP) is 1.49. The molecule has 0 saturated carbocycles. The predicted molar refractivity (Wildman–Crippen MR) is 36.2 cm³/mol. The average Bonchev–Trinajstić information content (AvgIpc) is 1.68. The van der Waals surface area contributed by atoms with E-state index in [0.29, 0.717) is 12.8 Å². The van der Waals surface area contributed by atoms with Crippen LogP contribution in [0.2, 0.25) is 0 Å². The molecule has 0 aliphatic heterocycles. The molecule has 1 unspecified atom stereocenters. The topological polar surface area (TPSA) is 0 Å². The van der Waals surface area contributed by atoms with Crippen LogP contribution in [0.4, 0.5) is 4.39 Å². The second-order valence-corrected chi connectivity index (χ2v) is 1.86. The van der Waals surface area contributed by atoms with Crippen molar-refractivity contribution in [3.63, 3.8) is 0 Å². The molecule has 45 valence electrons. The van der Waals surface area contributed by atoms with Crippen molar-refractivity contribution in [2.24, 2.45) is 0 Å². The zero-order chi connectivity index (χ0) is 6.41. The van der Waals surface area contributed by atoms with E-state index >= 15 is 0 Å². The number of hydrogen-bond donors (Lipinski definition) is 0. The van der Waals surface area contributed by atoms with E-state index in [9.17, 15) is 4.39 Å². The Labute approximate surface area is 51.2 Å². The minimum atomic E-state index is -0.718. The maximum absolute atomic E-state index is 12.3. The van der Waals surface area contributed by atoms with Gasteiger partial charge in [0, 0.05) is 0 Å². The number of halogens is 1. The van der Waals surface area contributed by atoms with E-state index in [0.717, 1.165) is 6.42 Å². The van der Waals surface area contributed by atoms with Gasteiger partial charge in [-0.05, 0) is 0 Å². The van der Waals surface area contributed by atoms with E-state index in [2.05, 4.69) is 0 Å². The molecule has 0 aromatic carbocycles. The second kappa shape index (κ2) is 5.01. The van der Waals surface area contributed by atoms with Crippen LogP contribution in [-0.2, 0) is 0 Å². The van der Waals surface area contributed by atoms with E-state index in [4.69, 9.17) is 7.49 Å². The molecule has 0 bridgehead atoms. The first-order chi connectivity index (χ1) is 3.81. The molecule has 0 aliphatic carbocycles. The molecule has 0 aromatic rings. The first kappa shape index (κ1) is 7.86. The van der Waals surface area contributed by atoms with Gasteiger partial charge in [-0.3, -0.25) is 0 Å². The van der Waals surface area contributed by atoms with Gasteiger partial charge >= 0.3 is 50.2 Å². The zero-order valence-electron chi connectivity index (χ0n) is 5.23. The van der Waals surface area contributed by atoms with Crippen LogP contribution in [0, 0.1) is 0 Å². The fourth-order valence-electron chi connectivity index (χ4n) is 0.579. The summed E-state index contributed by atoms with van der Waals surface area (Å²) < 4.78 is 12.3. The maximum atomic E-state index is 12.3. The van der Waals surface area contributed by atoms with Crippen LogP contribution >= 0.6 is 0 Å². The average molecular weight is 113 g/mol. The molecule has 0 heterocycles. The molecular weight excluding hydrogens is 102 g/mol. The molecule has 0 fully saturated rings. The van der Waals surface area contributed by atoms with Gasteiger partial charge in [0.2, 0.25) is 0 Å². The molecule has 0 rings (SSSR count). The van der Waals surface area contributed by atoms with Crippen LogP contribution in [0.15, 0.2) is 0 Å². The Balaban J connectivity index is 3.03. The van der Waals surface area contributed by atoms with Crippen molar-refractivity contribution in [1.29, 1.82) is 0 Å². The Kier molecular flexibility index (Phi) is 4.93. The molecule has 0 nitrogen and oxygen atoms in total. The van der Waals surface area contributed by atoms with Gasteiger partial charge in [-0.25, -0.2) is 0 Å². The summed E-state index contributed by atoms with van der Waals surface area (Å²) in [5.74, 6) is 1.38. The van der Waals surface area contributed by atoms with Crippen molar-refractivity contribution in [2.75, 3.05) is 0 Å². The van der Waals surface area contributed by atoms with Crippen LogP contribution in [0.25, 0.3) is 0 Å². The number of alkyl halides is 1. The summed E-state index contributed by atoms with van der Waals surface area (Å²) in [6.07, 6.45) is 1.21. The van der Waals surface area contributed by atoms with Gasteiger partial charge in [-0.1, -0.05) is 0 Å². The molecule has 0 aliphatic rings. The van der Waals surface area contributed by atoms with Crippen molar-refractivity contribution >= 4 is 13.5 Å². The van der Waals surface area contributed by atoms with Crippen molar-refractivity contribution in [1.82, 2.24) is 0 Å². The standard InChI is InChI=1S/C6H11BF/c1-2-3-6(8)4-5-7/h5-6H,2-4H2,1H3. The summed E-state index contributed by atoms with van der Waals surface area (Å²) in [5, 5.41) is 0. The molecule has 0 amide bonds. The molecule has 0 N–H and O–H groups in total. The van der Waals surface area contributed by atoms with Crippen molar-refractivity contribution in [2.45, 2.75) is 32.4 Å². The van der Waals surface area contributed by atoms with Gasteiger partial charge in [0.15, 0.2) is 0 Å². The second-order valence-electron chi connectivity index (χ2n) is 1.86. The molecule has 0 aromatic heterocycles. The van der Waals surface area contributed by atoms with Crippen LogP contribution in [0.3, 0.4) is 0 Å². The quantitative estimate of drug-likeness (QED) is 0.484. The third-order valence-electron chi connectivity index (χ3n) is 0.994. The van der Waals surface area contributed by atoms with E-state index < -0.39 is 6.17 Å².